The van der Waals surface area contributed by atoms with Crippen LogP contribution in [-0.4, -0.2) is 74.8 Å². The smallest absolute Gasteiger partial charge is 0.193 e. The van der Waals surface area contributed by atoms with Gasteiger partial charge >= 0.3 is 0 Å². The van der Waals surface area contributed by atoms with Crippen LogP contribution in [0.2, 0.25) is 0 Å². The third-order valence-electron chi connectivity index (χ3n) is 5.32. The summed E-state index contributed by atoms with van der Waals surface area (Å²) in [5.74, 6) is 1.09. The van der Waals surface area contributed by atoms with Gasteiger partial charge in [0.05, 0.1) is 13.2 Å². The van der Waals surface area contributed by atoms with Gasteiger partial charge in [-0.3, -0.25) is 4.99 Å². The van der Waals surface area contributed by atoms with Crippen molar-refractivity contribution in [2.24, 2.45) is 10.4 Å². The molecule has 5 heteroatoms. The number of hydrogen-bond acceptors (Lipinski definition) is 3. The summed E-state index contributed by atoms with van der Waals surface area (Å²) < 4.78 is 5.63. The molecule has 0 bridgehead atoms. The van der Waals surface area contributed by atoms with Crippen molar-refractivity contribution in [2.75, 3.05) is 53.0 Å². The Kier molecular flexibility index (Phi) is 6.50. The topological polar surface area (TPSA) is 40.1 Å². The van der Waals surface area contributed by atoms with Crippen LogP contribution in [0.5, 0.6) is 0 Å². The Bertz CT molecular complexity index is 366. The summed E-state index contributed by atoms with van der Waals surface area (Å²) in [5, 5.41) is 3.46. The molecule has 5 nitrogen and oxygen atoms in total. The molecule has 128 valence electrons. The Hall–Kier alpha value is -0.810. The number of aliphatic imine (C=N–C) groups is 1. The second-order valence-electron chi connectivity index (χ2n) is 6.95. The Labute approximate surface area is 136 Å². The summed E-state index contributed by atoms with van der Waals surface area (Å²) in [4.78, 5) is 9.68. The first-order valence-corrected chi connectivity index (χ1v) is 8.91. The molecule has 0 saturated carbocycles. The highest BCUT2D eigenvalue weighted by molar-refractivity contribution is 5.80. The van der Waals surface area contributed by atoms with Crippen molar-refractivity contribution >= 4 is 5.96 Å². The number of guanidine groups is 1. The minimum absolute atomic E-state index is 0.393. The number of nitrogens with zero attached hydrogens (tertiary/aromatic N) is 3. The lowest BCUT2D eigenvalue weighted by molar-refractivity contribution is 0.156. The van der Waals surface area contributed by atoms with Gasteiger partial charge in [-0.2, -0.15) is 0 Å². The molecule has 2 aliphatic heterocycles. The summed E-state index contributed by atoms with van der Waals surface area (Å²) in [7, 11) is 2.19. The lowest BCUT2D eigenvalue weighted by Gasteiger charge is -2.26. The van der Waals surface area contributed by atoms with Crippen molar-refractivity contribution in [3.8, 4) is 0 Å². The zero-order chi connectivity index (χ0) is 16.0. The van der Waals surface area contributed by atoms with Crippen molar-refractivity contribution in [1.29, 1.82) is 0 Å². The highest BCUT2D eigenvalue weighted by Gasteiger charge is 2.42. The third kappa shape index (κ3) is 4.35. The molecule has 2 rings (SSSR count). The lowest BCUT2D eigenvalue weighted by atomic mass is 9.87. The molecule has 0 radical (unpaired) electrons. The molecule has 22 heavy (non-hydrogen) atoms. The minimum atomic E-state index is 0.393. The summed E-state index contributed by atoms with van der Waals surface area (Å²) in [6.07, 6.45) is 3.64. The van der Waals surface area contributed by atoms with Gasteiger partial charge < -0.3 is 19.9 Å². The van der Waals surface area contributed by atoms with E-state index < -0.39 is 0 Å². The predicted octanol–water partition coefficient (Wildman–Crippen LogP) is 1.79. The van der Waals surface area contributed by atoms with Gasteiger partial charge in [-0.25, -0.2) is 0 Å². The molecule has 2 heterocycles. The van der Waals surface area contributed by atoms with Crippen LogP contribution in [0.3, 0.4) is 0 Å². The molecule has 2 unspecified atom stereocenters. The molecule has 0 aliphatic carbocycles. The van der Waals surface area contributed by atoms with Crippen molar-refractivity contribution < 1.29 is 4.74 Å². The van der Waals surface area contributed by atoms with Crippen LogP contribution in [0.25, 0.3) is 0 Å². The second kappa shape index (κ2) is 8.16. The number of hydrogen-bond donors (Lipinski definition) is 1. The molecular weight excluding hydrogens is 276 g/mol. The van der Waals surface area contributed by atoms with Crippen molar-refractivity contribution in [3.05, 3.63) is 0 Å². The average molecular weight is 310 g/mol. The van der Waals surface area contributed by atoms with E-state index >= 15 is 0 Å². The van der Waals surface area contributed by atoms with E-state index in [2.05, 4.69) is 42.9 Å². The van der Waals surface area contributed by atoms with E-state index in [1.165, 1.54) is 19.3 Å². The van der Waals surface area contributed by atoms with E-state index in [-0.39, 0.29) is 0 Å². The van der Waals surface area contributed by atoms with Gasteiger partial charge in [-0.05, 0) is 40.2 Å². The number of likely N-dealkylation sites (N-methyl/N-ethyl adjacent to an activating group) is 1. The maximum Gasteiger partial charge on any atom is 0.193 e. The normalized spacial score (nSPS) is 27.1. The number of likely N-dealkylation sites (tertiary alicyclic amines) is 1. The van der Waals surface area contributed by atoms with Crippen LogP contribution in [-0.2, 0) is 4.74 Å². The average Bonchev–Trinajstić information content (AvgIpc) is 3.16. The monoisotopic (exact) mass is 310 g/mol. The largest absolute Gasteiger partial charge is 0.381 e. The Balaban J connectivity index is 1.88. The van der Waals surface area contributed by atoms with Crippen LogP contribution < -0.4 is 5.32 Å². The lowest BCUT2D eigenvalue weighted by Crippen LogP contribution is -2.42. The van der Waals surface area contributed by atoms with Crippen molar-refractivity contribution in [2.45, 2.75) is 46.1 Å². The Morgan fingerprint density at radius 3 is 2.86 bits per heavy atom. The number of ether oxygens (including phenoxy) is 1. The molecule has 2 atom stereocenters. The summed E-state index contributed by atoms with van der Waals surface area (Å²) in [5.41, 5.74) is 0.393. The van der Waals surface area contributed by atoms with E-state index in [9.17, 15) is 0 Å². The van der Waals surface area contributed by atoms with Crippen LogP contribution in [0.15, 0.2) is 4.99 Å². The van der Waals surface area contributed by atoms with Gasteiger partial charge in [0.1, 0.15) is 0 Å². The van der Waals surface area contributed by atoms with E-state index in [1.54, 1.807) is 0 Å². The molecule has 2 aliphatic rings. The van der Waals surface area contributed by atoms with Crippen LogP contribution in [0.1, 0.15) is 40.0 Å². The van der Waals surface area contributed by atoms with E-state index in [0.29, 0.717) is 11.5 Å². The Morgan fingerprint density at radius 2 is 2.23 bits per heavy atom. The van der Waals surface area contributed by atoms with Gasteiger partial charge in [0.25, 0.3) is 0 Å². The minimum Gasteiger partial charge on any atom is -0.381 e. The molecule has 0 aromatic rings. The van der Waals surface area contributed by atoms with Gasteiger partial charge in [0.2, 0.25) is 0 Å². The first kappa shape index (κ1) is 17.5. The van der Waals surface area contributed by atoms with Crippen LogP contribution in [0, 0.1) is 5.41 Å². The predicted molar refractivity (Wildman–Crippen MR) is 92.4 cm³/mol. The molecular formula is C17H34N4O. The summed E-state index contributed by atoms with van der Waals surface area (Å²) in [6.45, 7) is 13.5. The third-order valence-corrected chi connectivity index (χ3v) is 5.32. The Morgan fingerprint density at radius 1 is 1.41 bits per heavy atom. The maximum atomic E-state index is 5.63. The fourth-order valence-corrected chi connectivity index (χ4v) is 3.36. The highest BCUT2D eigenvalue weighted by atomic mass is 16.5. The maximum absolute atomic E-state index is 5.63. The first-order chi connectivity index (χ1) is 10.6. The second-order valence-corrected chi connectivity index (χ2v) is 6.95. The van der Waals surface area contributed by atoms with E-state index in [4.69, 9.17) is 9.73 Å². The zero-order valence-electron chi connectivity index (χ0n) is 14.9. The molecule has 1 spiro atoms. The molecule has 0 aromatic heterocycles. The van der Waals surface area contributed by atoms with Crippen molar-refractivity contribution in [3.63, 3.8) is 0 Å². The van der Waals surface area contributed by atoms with Crippen LogP contribution >= 0.6 is 0 Å². The molecule has 0 amide bonds. The molecule has 1 N–H and O–H groups in total. The standard InChI is InChI=1S/C17H34N4O/c1-5-15(3)20(4)11-9-19-16(18-6-2)21-10-7-17(13-21)8-12-22-14-17/h15H,5-14H2,1-4H3,(H,18,19). The fraction of sp³-hybridized carbons (Fsp3) is 0.941. The highest BCUT2D eigenvalue weighted by Crippen LogP contribution is 2.38. The van der Waals surface area contributed by atoms with Gasteiger partial charge in [-0.15, -0.1) is 0 Å². The summed E-state index contributed by atoms with van der Waals surface area (Å²) >= 11 is 0. The first-order valence-electron chi connectivity index (χ1n) is 8.91. The summed E-state index contributed by atoms with van der Waals surface area (Å²) in [6, 6.07) is 0.628. The SMILES string of the molecule is CCNC(=NCCN(C)C(C)CC)N1CCC2(CCOC2)C1. The fourth-order valence-electron chi connectivity index (χ4n) is 3.36. The quantitative estimate of drug-likeness (QED) is 0.600. The van der Waals surface area contributed by atoms with E-state index in [1.807, 2.05) is 0 Å². The van der Waals surface area contributed by atoms with Gasteiger partial charge in [-0.1, -0.05) is 6.92 Å². The molecule has 2 fully saturated rings. The molecule has 2 saturated heterocycles. The van der Waals surface area contributed by atoms with E-state index in [0.717, 1.165) is 51.9 Å². The zero-order valence-corrected chi connectivity index (χ0v) is 14.9. The number of nitrogens with one attached hydrogen (secondary N) is 1. The van der Waals surface area contributed by atoms with Gasteiger partial charge in [0.15, 0.2) is 5.96 Å². The van der Waals surface area contributed by atoms with Gasteiger partial charge in [0, 0.05) is 44.2 Å². The van der Waals surface area contributed by atoms with Crippen molar-refractivity contribution in [1.82, 2.24) is 15.1 Å². The van der Waals surface area contributed by atoms with Crippen LogP contribution in [0.4, 0.5) is 0 Å². The number of rotatable bonds is 6. The molecule has 0 aromatic carbocycles.